The molecule has 1 heterocycles. The van der Waals surface area contributed by atoms with Gasteiger partial charge in [-0.1, -0.05) is 44.2 Å². The first-order valence-corrected chi connectivity index (χ1v) is 7.92. The summed E-state index contributed by atoms with van der Waals surface area (Å²) in [6, 6.07) is 7.88. The SMILES string of the molecule is O=c1c2ccccc2[nH]c(=S)n1C1CCCCCCC1. The van der Waals surface area contributed by atoms with Crippen molar-refractivity contribution in [2.45, 2.75) is 51.0 Å². The highest BCUT2D eigenvalue weighted by molar-refractivity contribution is 7.71. The molecule has 0 unspecified atom stereocenters. The summed E-state index contributed by atoms with van der Waals surface area (Å²) in [5.74, 6) is 0. The summed E-state index contributed by atoms with van der Waals surface area (Å²) in [5.41, 5.74) is 0.902. The maximum absolute atomic E-state index is 12.7. The van der Waals surface area contributed by atoms with Gasteiger partial charge in [-0.25, -0.2) is 0 Å². The Hall–Kier alpha value is -1.42. The summed E-state index contributed by atoms with van der Waals surface area (Å²) in [6.07, 6.45) is 8.39. The molecule has 0 spiro atoms. The fraction of sp³-hybridized carbons (Fsp3) is 0.500. The van der Waals surface area contributed by atoms with Gasteiger partial charge in [0.1, 0.15) is 0 Å². The number of hydrogen-bond donors (Lipinski definition) is 1. The van der Waals surface area contributed by atoms with E-state index in [9.17, 15) is 4.79 Å². The van der Waals surface area contributed by atoms with Crippen molar-refractivity contribution in [2.24, 2.45) is 0 Å². The van der Waals surface area contributed by atoms with Crippen LogP contribution in [0.1, 0.15) is 51.0 Å². The molecule has 0 amide bonds. The van der Waals surface area contributed by atoms with E-state index in [0.717, 1.165) is 23.7 Å². The largest absolute Gasteiger partial charge is 0.332 e. The van der Waals surface area contributed by atoms with Crippen LogP contribution < -0.4 is 5.56 Å². The van der Waals surface area contributed by atoms with Crippen LogP contribution in [0.25, 0.3) is 10.9 Å². The molecule has 2 aromatic rings. The molecule has 0 saturated heterocycles. The Kier molecular flexibility index (Phi) is 4.01. The first-order valence-electron chi connectivity index (χ1n) is 7.51. The molecule has 3 rings (SSSR count). The number of benzene rings is 1. The van der Waals surface area contributed by atoms with Gasteiger partial charge >= 0.3 is 0 Å². The van der Waals surface area contributed by atoms with Gasteiger partial charge < -0.3 is 4.98 Å². The molecule has 1 fully saturated rings. The molecule has 1 N–H and O–H groups in total. The minimum Gasteiger partial charge on any atom is -0.332 e. The molecule has 4 heteroatoms. The van der Waals surface area contributed by atoms with Crippen LogP contribution in [0, 0.1) is 4.77 Å². The number of para-hydroxylation sites is 1. The van der Waals surface area contributed by atoms with Crippen molar-refractivity contribution in [2.75, 3.05) is 0 Å². The van der Waals surface area contributed by atoms with E-state index in [0.29, 0.717) is 4.77 Å². The highest BCUT2D eigenvalue weighted by Crippen LogP contribution is 2.25. The van der Waals surface area contributed by atoms with E-state index in [1.54, 1.807) is 0 Å². The molecule has 0 atom stereocenters. The zero-order valence-corrected chi connectivity index (χ0v) is 12.4. The lowest BCUT2D eigenvalue weighted by atomic mass is 9.96. The minimum absolute atomic E-state index is 0.0647. The predicted molar refractivity (Wildman–Crippen MR) is 84.7 cm³/mol. The summed E-state index contributed by atoms with van der Waals surface area (Å²) in [7, 11) is 0. The van der Waals surface area contributed by atoms with E-state index < -0.39 is 0 Å². The lowest BCUT2D eigenvalue weighted by molar-refractivity contribution is 0.361. The van der Waals surface area contributed by atoms with Crippen molar-refractivity contribution in [1.29, 1.82) is 0 Å². The van der Waals surface area contributed by atoms with Crippen LogP contribution in [0.4, 0.5) is 0 Å². The molecule has 1 saturated carbocycles. The molecule has 0 aliphatic heterocycles. The zero-order valence-electron chi connectivity index (χ0n) is 11.6. The maximum atomic E-state index is 12.7. The van der Waals surface area contributed by atoms with Crippen LogP contribution in [0.5, 0.6) is 0 Å². The van der Waals surface area contributed by atoms with Crippen LogP contribution in [-0.2, 0) is 0 Å². The van der Waals surface area contributed by atoms with E-state index in [1.807, 2.05) is 28.8 Å². The molecule has 0 bridgehead atoms. The summed E-state index contributed by atoms with van der Waals surface area (Å²) in [4.78, 5) is 15.9. The molecule has 0 radical (unpaired) electrons. The fourth-order valence-electron chi connectivity index (χ4n) is 3.20. The van der Waals surface area contributed by atoms with Crippen LogP contribution in [0.15, 0.2) is 29.1 Å². The number of aromatic amines is 1. The predicted octanol–water partition coefficient (Wildman–Crippen LogP) is 4.34. The number of nitrogens with one attached hydrogen (secondary N) is 1. The van der Waals surface area contributed by atoms with E-state index in [2.05, 4.69) is 4.98 Å². The number of H-pyrrole nitrogens is 1. The lowest BCUT2D eigenvalue weighted by Crippen LogP contribution is -2.27. The average molecular weight is 288 g/mol. The van der Waals surface area contributed by atoms with Gasteiger partial charge in [-0.15, -0.1) is 0 Å². The van der Waals surface area contributed by atoms with Crippen LogP contribution in [-0.4, -0.2) is 9.55 Å². The quantitative estimate of drug-likeness (QED) is 0.792. The Morgan fingerprint density at radius 3 is 2.45 bits per heavy atom. The van der Waals surface area contributed by atoms with E-state index >= 15 is 0 Å². The third kappa shape index (κ3) is 2.57. The van der Waals surface area contributed by atoms with E-state index in [-0.39, 0.29) is 11.6 Å². The van der Waals surface area contributed by atoms with E-state index in [1.165, 1.54) is 32.1 Å². The Morgan fingerprint density at radius 2 is 1.70 bits per heavy atom. The molecular formula is C16H20N2OS. The first-order chi connectivity index (χ1) is 9.77. The van der Waals surface area contributed by atoms with Gasteiger partial charge in [0.05, 0.1) is 10.9 Å². The normalized spacial score (nSPS) is 17.8. The Morgan fingerprint density at radius 1 is 1.05 bits per heavy atom. The third-order valence-corrected chi connectivity index (χ3v) is 4.58. The third-order valence-electron chi connectivity index (χ3n) is 4.28. The second-order valence-corrected chi connectivity index (χ2v) is 6.04. The maximum Gasteiger partial charge on any atom is 0.262 e. The van der Waals surface area contributed by atoms with Crippen molar-refractivity contribution in [3.63, 3.8) is 0 Å². The topological polar surface area (TPSA) is 37.8 Å². The van der Waals surface area contributed by atoms with Gasteiger partial charge in [0.2, 0.25) is 0 Å². The second kappa shape index (κ2) is 5.92. The van der Waals surface area contributed by atoms with Crippen molar-refractivity contribution in [3.8, 4) is 0 Å². The summed E-state index contributed by atoms with van der Waals surface area (Å²) >= 11 is 5.43. The molecular weight excluding hydrogens is 268 g/mol. The minimum atomic E-state index is 0.0647. The van der Waals surface area contributed by atoms with Crippen molar-refractivity contribution < 1.29 is 0 Å². The second-order valence-electron chi connectivity index (χ2n) is 5.65. The molecule has 1 aromatic heterocycles. The van der Waals surface area contributed by atoms with Gasteiger partial charge in [-0.3, -0.25) is 9.36 Å². The lowest BCUT2D eigenvalue weighted by Gasteiger charge is -2.22. The van der Waals surface area contributed by atoms with Crippen molar-refractivity contribution in [3.05, 3.63) is 39.4 Å². The monoisotopic (exact) mass is 288 g/mol. The molecule has 106 valence electrons. The zero-order chi connectivity index (χ0) is 13.9. The number of rotatable bonds is 1. The summed E-state index contributed by atoms with van der Waals surface area (Å²) in [6.45, 7) is 0. The molecule has 1 aliphatic carbocycles. The first kappa shape index (κ1) is 13.6. The Labute approximate surface area is 123 Å². The van der Waals surface area contributed by atoms with Gasteiger partial charge in [-0.05, 0) is 37.2 Å². The summed E-state index contributed by atoms with van der Waals surface area (Å²) in [5, 5.41) is 0.739. The Bertz CT molecular complexity index is 708. The van der Waals surface area contributed by atoms with Gasteiger partial charge in [0.15, 0.2) is 4.77 Å². The van der Waals surface area contributed by atoms with Gasteiger partial charge in [0, 0.05) is 6.04 Å². The Balaban J connectivity index is 2.10. The number of fused-ring (bicyclic) bond motifs is 1. The number of aromatic nitrogens is 2. The van der Waals surface area contributed by atoms with Crippen LogP contribution >= 0.6 is 12.2 Å². The highest BCUT2D eigenvalue weighted by atomic mass is 32.1. The molecule has 1 aromatic carbocycles. The molecule has 1 aliphatic rings. The van der Waals surface area contributed by atoms with Crippen LogP contribution in [0.2, 0.25) is 0 Å². The summed E-state index contributed by atoms with van der Waals surface area (Å²) < 4.78 is 2.39. The average Bonchev–Trinajstić information content (AvgIpc) is 2.40. The number of nitrogens with zero attached hydrogens (tertiary/aromatic N) is 1. The smallest absolute Gasteiger partial charge is 0.262 e. The highest BCUT2D eigenvalue weighted by Gasteiger charge is 2.17. The molecule has 3 nitrogen and oxygen atoms in total. The van der Waals surface area contributed by atoms with Crippen LogP contribution in [0.3, 0.4) is 0 Å². The molecule has 20 heavy (non-hydrogen) atoms. The fourth-order valence-corrected chi connectivity index (χ4v) is 3.54. The number of hydrogen-bond acceptors (Lipinski definition) is 2. The van der Waals surface area contributed by atoms with Crippen molar-refractivity contribution in [1.82, 2.24) is 9.55 Å². The van der Waals surface area contributed by atoms with Crippen molar-refractivity contribution >= 4 is 23.1 Å². The van der Waals surface area contributed by atoms with Gasteiger partial charge in [0.25, 0.3) is 5.56 Å². The van der Waals surface area contributed by atoms with Gasteiger partial charge in [-0.2, -0.15) is 0 Å². The standard InChI is InChI=1S/C16H20N2OS/c19-15-13-10-6-7-11-14(13)17-16(20)18(15)12-8-4-2-1-3-5-9-12/h6-7,10-12H,1-5,8-9H2,(H,17,20). The van der Waals surface area contributed by atoms with E-state index in [4.69, 9.17) is 12.2 Å².